The van der Waals surface area contributed by atoms with Crippen molar-refractivity contribution in [3.63, 3.8) is 0 Å². The molecular weight excluding hydrogens is 254 g/mol. The molecule has 0 aliphatic rings. The number of para-hydroxylation sites is 1. The largest absolute Gasteiger partial charge is 0.383 e. The Kier molecular flexibility index (Phi) is 2.83. The van der Waals surface area contributed by atoms with Gasteiger partial charge < -0.3 is 5.73 Å². The summed E-state index contributed by atoms with van der Waals surface area (Å²) >= 11 is 0. The first-order chi connectivity index (χ1) is 9.68. The maximum absolute atomic E-state index is 12.5. The van der Waals surface area contributed by atoms with E-state index in [4.69, 9.17) is 5.73 Å². The van der Waals surface area contributed by atoms with Gasteiger partial charge in [-0.05, 0) is 18.2 Å². The maximum Gasteiger partial charge on any atom is 0.216 e. The highest BCUT2D eigenvalue weighted by Gasteiger charge is 2.20. The SMILES string of the molecule is Cn1ncc(C(=O)c2ccnn2-c2ccccc2)c1N. The van der Waals surface area contributed by atoms with E-state index in [0.29, 0.717) is 17.1 Å². The lowest BCUT2D eigenvalue weighted by molar-refractivity contribution is 0.103. The molecule has 0 bridgehead atoms. The normalized spacial score (nSPS) is 10.7. The van der Waals surface area contributed by atoms with Crippen LogP contribution in [0.1, 0.15) is 16.1 Å². The van der Waals surface area contributed by atoms with Crippen molar-refractivity contribution in [1.82, 2.24) is 19.6 Å². The highest BCUT2D eigenvalue weighted by atomic mass is 16.1. The van der Waals surface area contributed by atoms with Gasteiger partial charge in [0.05, 0.1) is 23.6 Å². The molecule has 0 unspecified atom stereocenters. The maximum atomic E-state index is 12.5. The molecule has 0 fully saturated rings. The van der Waals surface area contributed by atoms with Crippen molar-refractivity contribution in [3.8, 4) is 5.69 Å². The molecule has 3 aromatic rings. The Morgan fingerprint density at radius 2 is 1.90 bits per heavy atom. The number of carbonyl (C=O) groups excluding carboxylic acids is 1. The van der Waals surface area contributed by atoms with E-state index in [1.165, 1.54) is 10.9 Å². The quantitative estimate of drug-likeness (QED) is 0.728. The summed E-state index contributed by atoms with van der Waals surface area (Å²) in [6.07, 6.45) is 3.06. The summed E-state index contributed by atoms with van der Waals surface area (Å²) in [5, 5.41) is 8.19. The molecule has 6 heteroatoms. The number of benzene rings is 1. The van der Waals surface area contributed by atoms with Gasteiger partial charge in [-0.2, -0.15) is 10.2 Å². The first-order valence-corrected chi connectivity index (χ1v) is 6.10. The van der Waals surface area contributed by atoms with Crippen molar-refractivity contribution in [1.29, 1.82) is 0 Å². The number of nitrogens with zero attached hydrogens (tertiary/aromatic N) is 4. The van der Waals surface area contributed by atoms with Crippen LogP contribution in [0.5, 0.6) is 0 Å². The van der Waals surface area contributed by atoms with E-state index in [-0.39, 0.29) is 5.78 Å². The van der Waals surface area contributed by atoms with E-state index in [0.717, 1.165) is 5.69 Å². The van der Waals surface area contributed by atoms with Crippen LogP contribution in [0.15, 0.2) is 48.8 Å². The zero-order chi connectivity index (χ0) is 14.1. The predicted octanol–water partition coefficient (Wildman–Crippen LogP) is 1.42. The van der Waals surface area contributed by atoms with Crippen LogP contribution < -0.4 is 5.73 Å². The minimum atomic E-state index is -0.197. The highest BCUT2D eigenvalue weighted by molar-refractivity contribution is 6.10. The first kappa shape index (κ1) is 12.2. The number of hydrogen-bond donors (Lipinski definition) is 1. The minimum Gasteiger partial charge on any atom is -0.383 e. The van der Waals surface area contributed by atoms with Gasteiger partial charge in [0.15, 0.2) is 0 Å². The van der Waals surface area contributed by atoms with Crippen LogP contribution in [0.2, 0.25) is 0 Å². The van der Waals surface area contributed by atoms with Crippen molar-refractivity contribution < 1.29 is 4.79 Å². The summed E-state index contributed by atoms with van der Waals surface area (Å²) in [4.78, 5) is 12.5. The number of anilines is 1. The van der Waals surface area contributed by atoms with Crippen LogP contribution in [-0.2, 0) is 7.05 Å². The van der Waals surface area contributed by atoms with Gasteiger partial charge in [-0.25, -0.2) is 4.68 Å². The topological polar surface area (TPSA) is 78.7 Å². The predicted molar refractivity (Wildman–Crippen MR) is 74.6 cm³/mol. The van der Waals surface area contributed by atoms with Crippen LogP contribution in [0.3, 0.4) is 0 Å². The van der Waals surface area contributed by atoms with Gasteiger partial charge in [-0.3, -0.25) is 9.48 Å². The summed E-state index contributed by atoms with van der Waals surface area (Å²) in [6.45, 7) is 0. The summed E-state index contributed by atoms with van der Waals surface area (Å²) in [5.41, 5.74) is 7.51. The number of hydrogen-bond acceptors (Lipinski definition) is 4. The Bertz CT molecular complexity index is 757. The fraction of sp³-hybridized carbons (Fsp3) is 0.0714. The van der Waals surface area contributed by atoms with Gasteiger partial charge in [0, 0.05) is 7.05 Å². The second-order valence-corrected chi connectivity index (χ2v) is 4.36. The number of carbonyl (C=O) groups is 1. The fourth-order valence-electron chi connectivity index (χ4n) is 2.01. The molecule has 2 aromatic heterocycles. The molecule has 0 atom stereocenters. The Hall–Kier alpha value is -2.89. The van der Waals surface area contributed by atoms with Crippen molar-refractivity contribution in [2.75, 3.05) is 5.73 Å². The smallest absolute Gasteiger partial charge is 0.216 e. The summed E-state index contributed by atoms with van der Waals surface area (Å²) in [7, 11) is 1.70. The van der Waals surface area contributed by atoms with Crippen LogP contribution in [0.25, 0.3) is 5.69 Å². The van der Waals surface area contributed by atoms with Gasteiger partial charge in [0.25, 0.3) is 0 Å². The summed E-state index contributed by atoms with van der Waals surface area (Å²) < 4.78 is 3.06. The standard InChI is InChI=1S/C14H13N5O/c1-18-14(15)11(9-17-18)13(20)12-7-8-16-19(12)10-5-3-2-4-6-10/h2-9H,15H2,1H3. The Morgan fingerprint density at radius 1 is 1.15 bits per heavy atom. The van der Waals surface area contributed by atoms with E-state index in [1.807, 2.05) is 30.3 Å². The number of aryl methyl sites for hydroxylation is 1. The van der Waals surface area contributed by atoms with Crippen LogP contribution >= 0.6 is 0 Å². The summed E-state index contributed by atoms with van der Waals surface area (Å²) in [6, 6.07) is 11.1. The highest BCUT2D eigenvalue weighted by Crippen LogP contribution is 2.17. The van der Waals surface area contributed by atoms with E-state index in [1.54, 1.807) is 24.0 Å². The van der Waals surface area contributed by atoms with Gasteiger partial charge >= 0.3 is 0 Å². The molecule has 2 heterocycles. The zero-order valence-corrected chi connectivity index (χ0v) is 10.9. The monoisotopic (exact) mass is 267 g/mol. The Labute approximate surface area is 115 Å². The summed E-state index contributed by atoms with van der Waals surface area (Å²) in [5.74, 6) is 0.146. The number of nitrogens with two attached hydrogens (primary N) is 1. The molecular formula is C14H13N5O. The van der Waals surface area contributed by atoms with Gasteiger partial charge in [0.1, 0.15) is 11.5 Å². The van der Waals surface area contributed by atoms with E-state index >= 15 is 0 Å². The van der Waals surface area contributed by atoms with Crippen LogP contribution in [0, 0.1) is 0 Å². The van der Waals surface area contributed by atoms with Gasteiger partial charge in [0.2, 0.25) is 5.78 Å². The molecule has 20 heavy (non-hydrogen) atoms. The Balaban J connectivity index is 2.06. The van der Waals surface area contributed by atoms with Crippen LogP contribution in [-0.4, -0.2) is 25.3 Å². The van der Waals surface area contributed by atoms with E-state index < -0.39 is 0 Å². The number of rotatable bonds is 3. The molecule has 0 aliphatic heterocycles. The third kappa shape index (κ3) is 1.87. The van der Waals surface area contributed by atoms with E-state index in [9.17, 15) is 4.79 Å². The van der Waals surface area contributed by atoms with Crippen molar-refractivity contribution in [2.24, 2.45) is 7.05 Å². The molecule has 100 valence electrons. The van der Waals surface area contributed by atoms with Gasteiger partial charge in [-0.15, -0.1) is 0 Å². The average molecular weight is 267 g/mol. The van der Waals surface area contributed by atoms with Crippen molar-refractivity contribution >= 4 is 11.6 Å². The number of nitrogen functional groups attached to an aromatic ring is 1. The average Bonchev–Trinajstić information content (AvgIpc) is 3.08. The first-order valence-electron chi connectivity index (χ1n) is 6.10. The zero-order valence-electron chi connectivity index (χ0n) is 10.9. The third-order valence-electron chi connectivity index (χ3n) is 3.11. The molecule has 0 aliphatic carbocycles. The molecule has 3 rings (SSSR count). The fourth-order valence-corrected chi connectivity index (χ4v) is 2.01. The number of ketones is 1. The third-order valence-corrected chi connectivity index (χ3v) is 3.11. The Morgan fingerprint density at radius 3 is 2.55 bits per heavy atom. The van der Waals surface area contributed by atoms with Crippen molar-refractivity contribution in [3.05, 3.63) is 60.0 Å². The van der Waals surface area contributed by atoms with Gasteiger partial charge in [-0.1, -0.05) is 18.2 Å². The molecule has 6 nitrogen and oxygen atoms in total. The lowest BCUT2D eigenvalue weighted by atomic mass is 10.1. The number of aromatic nitrogens is 4. The second-order valence-electron chi connectivity index (χ2n) is 4.36. The molecule has 0 saturated carbocycles. The van der Waals surface area contributed by atoms with Crippen LogP contribution in [0.4, 0.5) is 5.82 Å². The molecule has 0 spiro atoms. The second kappa shape index (κ2) is 4.65. The lowest BCUT2D eigenvalue weighted by Gasteiger charge is -2.06. The molecule has 2 N–H and O–H groups in total. The van der Waals surface area contributed by atoms with E-state index in [2.05, 4.69) is 10.2 Å². The van der Waals surface area contributed by atoms with Crippen molar-refractivity contribution in [2.45, 2.75) is 0 Å². The molecule has 0 saturated heterocycles. The molecule has 0 radical (unpaired) electrons. The minimum absolute atomic E-state index is 0.197. The molecule has 1 aromatic carbocycles. The lowest BCUT2D eigenvalue weighted by Crippen LogP contribution is -2.11. The molecule has 0 amide bonds.